The van der Waals surface area contributed by atoms with Gasteiger partial charge in [0.1, 0.15) is 23.1 Å². The van der Waals surface area contributed by atoms with Crippen LogP contribution in [0.5, 0.6) is 11.5 Å². The Morgan fingerprint density at radius 2 is 1.88 bits per heavy atom. The second-order valence-electron chi connectivity index (χ2n) is 5.87. The number of urea groups is 1. The van der Waals surface area contributed by atoms with E-state index < -0.39 is 17.7 Å². The Bertz CT molecular complexity index is 783. The summed E-state index contributed by atoms with van der Waals surface area (Å²) in [6.07, 6.45) is 0. The number of benzene rings is 2. The molecule has 5 nitrogen and oxygen atoms in total. The third kappa shape index (κ3) is 4.62. The average molecular weight is 364 g/mol. The fourth-order valence-electron chi connectivity index (χ4n) is 2.53. The number of nitrogens with one attached hydrogen (secondary N) is 1. The monoisotopic (exact) mass is 364 g/mol. The van der Waals surface area contributed by atoms with E-state index in [2.05, 4.69) is 5.32 Å². The van der Waals surface area contributed by atoms with Gasteiger partial charge in [-0.25, -0.2) is 13.6 Å². The molecule has 0 saturated carbocycles. The van der Waals surface area contributed by atoms with E-state index in [1.807, 2.05) is 6.92 Å². The van der Waals surface area contributed by atoms with E-state index in [1.165, 1.54) is 18.0 Å². The van der Waals surface area contributed by atoms with Gasteiger partial charge in [0, 0.05) is 30.8 Å². The van der Waals surface area contributed by atoms with E-state index in [0.29, 0.717) is 11.5 Å². The molecule has 0 aliphatic heterocycles. The summed E-state index contributed by atoms with van der Waals surface area (Å²) in [4.78, 5) is 13.7. The van der Waals surface area contributed by atoms with Crippen molar-refractivity contribution in [3.05, 3.63) is 59.2 Å². The van der Waals surface area contributed by atoms with Crippen molar-refractivity contribution in [2.75, 3.05) is 21.3 Å². The molecule has 1 atom stereocenters. The van der Waals surface area contributed by atoms with Crippen molar-refractivity contribution in [2.45, 2.75) is 19.5 Å². The molecule has 0 heterocycles. The Morgan fingerprint density at radius 1 is 1.15 bits per heavy atom. The zero-order valence-corrected chi connectivity index (χ0v) is 15.2. The molecular formula is C19H22F2N2O3. The third-order valence-electron chi connectivity index (χ3n) is 4.01. The van der Waals surface area contributed by atoms with Crippen LogP contribution in [0.3, 0.4) is 0 Å². The highest BCUT2D eigenvalue weighted by Crippen LogP contribution is 2.29. The van der Waals surface area contributed by atoms with Crippen LogP contribution in [-0.2, 0) is 6.54 Å². The van der Waals surface area contributed by atoms with Gasteiger partial charge in [-0.2, -0.15) is 0 Å². The highest BCUT2D eigenvalue weighted by atomic mass is 19.1. The van der Waals surface area contributed by atoms with Gasteiger partial charge >= 0.3 is 6.03 Å². The number of carbonyl (C=O) groups is 1. The van der Waals surface area contributed by atoms with E-state index in [1.54, 1.807) is 32.4 Å². The summed E-state index contributed by atoms with van der Waals surface area (Å²) in [7, 11) is 4.64. The fourth-order valence-corrected chi connectivity index (χ4v) is 2.53. The van der Waals surface area contributed by atoms with Crippen molar-refractivity contribution in [1.29, 1.82) is 0 Å². The van der Waals surface area contributed by atoms with Gasteiger partial charge in [-0.05, 0) is 31.2 Å². The molecule has 0 radical (unpaired) electrons. The minimum absolute atomic E-state index is 0.0138. The molecular weight excluding hydrogens is 342 g/mol. The van der Waals surface area contributed by atoms with Crippen LogP contribution in [-0.4, -0.2) is 32.2 Å². The number of nitrogens with zero attached hydrogens (tertiary/aromatic N) is 1. The van der Waals surface area contributed by atoms with Crippen LogP contribution in [0, 0.1) is 11.6 Å². The molecule has 2 amide bonds. The summed E-state index contributed by atoms with van der Waals surface area (Å²) in [5, 5.41) is 2.83. The quantitative estimate of drug-likeness (QED) is 0.846. The van der Waals surface area contributed by atoms with Gasteiger partial charge in [0.05, 0.1) is 20.3 Å². The van der Waals surface area contributed by atoms with Crippen LogP contribution < -0.4 is 14.8 Å². The number of methoxy groups -OCH3 is 2. The average Bonchev–Trinajstić information content (AvgIpc) is 2.63. The van der Waals surface area contributed by atoms with Crippen molar-refractivity contribution in [2.24, 2.45) is 0 Å². The first-order valence-electron chi connectivity index (χ1n) is 8.03. The minimum Gasteiger partial charge on any atom is -0.497 e. The van der Waals surface area contributed by atoms with Crippen molar-refractivity contribution < 1.29 is 23.0 Å². The number of ether oxygens (including phenoxy) is 2. The molecule has 0 saturated heterocycles. The van der Waals surface area contributed by atoms with Gasteiger partial charge in [-0.3, -0.25) is 0 Å². The summed E-state index contributed by atoms with van der Waals surface area (Å²) in [5.74, 6) is -0.0845. The van der Waals surface area contributed by atoms with Crippen molar-refractivity contribution >= 4 is 6.03 Å². The van der Waals surface area contributed by atoms with E-state index in [-0.39, 0.29) is 18.2 Å². The van der Waals surface area contributed by atoms with Crippen molar-refractivity contribution in [3.8, 4) is 11.5 Å². The molecule has 2 aromatic rings. The van der Waals surface area contributed by atoms with Gasteiger partial charge in [0.2, 0.25) is 0 Å². The maximum Gasteiger partial charge on any atom is 0.317 e. The summed E-state index contributed by atoms with van der Waals surface area (Å²) in [6, 6.07) is 7.82. The number of halogens is 2. The summed E-state index contributed by atoms with van der Waals surface area (Å²) in [5.41, 5.74) is 0.984. The van der Waals surface area contributed by atoms with E-state index in [9.17, 15) is 13.6 Å². The number of hydrogen-bond donors (Lipinski definition) is 1. The van der Waals surface area contributed by atoms with E-state index in [4.69, 9.17) is 9.47 Å². The lowest BCUT2D eigenvalue weighted by Gasteiger charge is -2.23. The largest absolute Gasteiger partial charge is 0.497 e. The molecule has 2 rings (SSSR count). The Kier molecular flexibility index (Phi) is 6.38. The van der Waals surface area contributed by atoms with Gasteiger partial charge in [0.25, 0.3) is 0 Å². The number of amides is 2. The second kappa shape index (κ2) is 8.51. The Hall–Kier alpha value is -2.83. The maximum absolute atomic E-state index is 13.8. The second-order valence-corrected chi connectivity index (χ2v) is 5.87. The zero-order valence-electron chi connectivity index (χ0n) is 15.2. The Labute approximate surface area is 151 Å². The molecule has 26 heavy (non-hydrogen) atoms. The highest BCUT2D eigenvalue weighted by Gasteiger charge is 2.18. The lowest BCUT2D eigenvalue weighted by Crippen LogP contribution is -2.38. The first-order chi connectivity index (χ1) is 12.3. The predicted molar refractivity (Wildman–Crippen MR) is 94.3 cm³/mol. The van der Waals surface area contributed by atoms with Gasteiger partial charge in [-0.15, -0.1) is 0 Å². The normalized spacial score (nSPS) is 11.6. The van der Waals surface area contributed by atoms with Crippen LogP contribution >= 0.6 is 0 Å². The topological polar surface area (TPSA) is 50.8 Å². The SMILES string of the molecule is COc1ccc(OC)c(C(C)NC(=O)N(C)Cc2ccc(F)cc2F)c1. The molecule has 0 aliphatic carbocycles. The molecule has 0 aromatic heterocycles. The summed E-state index contributed by atoms with van der Waals surface area (Å²) in [6.45, 7) is 1.82. The van der Waals surface area contributed by atoms with Crippen LogP contribution in [0.15, 0.2) is 36.4 Å². The Morgan fingerprint density at radius 3 is 2.50 bits per heavy atom. The summed E-state index contributed by atoms with van der Waals surface area (Å²) >= 11 is 0. The molecule has 0 bridgehead atoms. The van der Waals surface area contributed by atoms with E-state index in [0.717, 1.165) is 17.7 Å². The molecule has 1 unspecified atom stereocenters. The van der Waals surface area contributed by atoms with E-state index >= 15 is 0 Å². The third-order valence-corrected chi connectivity index (χ3v) is 4.01. The predicted octanol–water partition coefficient (Wildman–Crippen LogP) is 3.88. The highest BCUT2D eigenvalue weighted by molar-refractivity contribution is 5.74. The maximum atomic E-state index is 13.8. The van der Waals surface area contributed by atoms with Gasteiger partial charge in [-0.1, -0.05) is 6.07 Å². The minimum atomic E-state index is -0.688. The summed E-state index contributed by atoms with van der Waals surface area (Å²) < 4.78 is 37.3. The first kappa shape index (κ1) is 19.5. The lowest BCUT2D eigenvalue weighted by atomic mass is 10.1. The zero-order chi connectivity index (χ0) is 19.3. The molecule has 2 aromatic carbocycles. The van der Waals surface area contributed by atoms with Gasteiger partial charge < -0.3 is 19.7 Å². The smallest absolute Gasteiger partial charge is 0.317 e. The van der Waals surface area contributed by atoms with Crippen molar-refractivity contribution in [3.63, 3.8) is 0 Å². The molecule has 140 valence electrons. The first-order valence-corrected chi connectivity index (χ1v) is 8.03. The molecule has 0 aliphatic rings. The van der Waals surface area contributed by atoms with Crippen LogP contribution in [0.1, 0.15) is 24.1 Å². The van der Waals surface area contributed by atoms with Crippen molar-refractivity contribution in [1.82, 2.24) is 10.2 Å². The molecule has 0 fully saturated rings. The number of rotatable bonds is 6. The lowest BCUT2D eigenvalue weighted by molar-refractivity contribution is 0.202. The van der Waals surface area contributed by atoms with Gasteiger partial charge in [0.15, 0.2) is 0 Å². The number of hydrogen-bond acceptors (Lipinski definition) is 3. The van der Waals surface area contributed by atoms with Crippen LogP contribution in [0.25, 0.3) is 0 Å². The van der Waals surface area contributed by atoms with Crippen LogP contribution in [0.2, 0.25) is 0 Å². The van der Waals surface area contributed by atoms with Crippen LogP contribution in [0.4, 0.5) is 13.6 Å². The standard InChI is InChI=1S/C19H22F2N2O3/c1-12(16-10-15(25-3)7-8-18(16)26-4)22-19(24)23(2)11-13-5-6-14(20)9-17(13)21/h5-10,12H,11H2,1-4H3,(H,22,24). The molecule has 7 heteroatoms. The molecule has 0 spiro atoms. The number of carbonyl (C=O) groups excluding carboxylic acids is 1. The fraction of sp³-hybridized carbons (Fsp3) is 0.316. The molecule has 1 N–H and O–H groups in total. The Balaban J connectivity index is 2.08.